The van der Waals surface area contributed by atoms with E-state index in [9.17, 15) is 0 Å². The fourth-order valence-corrected chi connectivity index (χ4v) is 1.94. The molecule has 2 rings (SSSR count). The molecule has 2 N–H and O–H groups in total. The van der Waals surface area contributed by atoms with Crippen molar-refractivity contribution in [3.8, 4) is 11.5 Å². The fourth-order valence-electron chi connectivity index (χ4n) is 1.58. The van der Waals surface area contributed by atoms with Gasteiger partial charge in [-0.15, -0.1) is 0 Å². The molecule has 0 amide bonds. The SMILES string of the molecule is CC(N)c1ccccc1Oc1ccc(I)cc1. The maximum absolute atomic E-state index is 5.91. The van der Waals surface area contributed by atoms with Gasteiger partial charge in [0.15, 0.2) is 0 Å². The normalized spacial score (nSPS) is 12.2. The summed E-state index contributed by atoms with van der Waals surface area (Å²) in [5, 5.41) is 0. The largest absolute Gasteiger partial charge is 0.457 e. The predicted molar refractivity (Wildman–Crippen MR) is 78.3 cm³/mol. The molecule has 17 heavy (non-hydrogen) atoms. The van der Waals surface area contributed by atoms with E-state index in [0.29, 0.717) is 0 Å². The minimum atomic E-state index is -0.0324. The summed E-state index contributed by atoms with van der Waals surface area (Å²) in [4.78, 5) is 0. The number of halogens is 1. The lowest BCUT2D eigenvalue weighted by Gasteiger charge is -2.13. The van der Waals surface area contributed by atoms with Crippen LogP contribution in [0.5, 0.6) is 11.5 Å². The Labute approximate surface area is 115 Å². The molecule has 0 radical (unpaired) electrons. The summed E-state index contributed by atoms with van der Waals surface area (Å²) in [6.07, 6.45) is 0. The molecule has 2 aromatic carbocycles. The minimum absolute atomic E-state index is 0.0324. The first-order chi connectivity index (χ1) is 8.16. The zero-order chi connectivity index (χ0) is 12.3. The van der Waals surface area contributed by atoms with Crippen LogP contribution in [-0.4, -0.2) is 0 Å². The van der Waals surface area contributed by atoms with Gasteiger partial charge in [-0.05, 0) is 59.8 Å². The topological polar surface area (TPSA) is 35.2 Å². The maximum Gasteiger partial charge on any atom is 0.132 e. The van der Waals surface area contributed by atoms with E-state index in [0.717, 1.165) is 17.1 Å². The van der Waals surface area contributed by atoms with Crippen LogP contribution in [-0.2, 0) is 0 Å². The van der Waals surface area contributed by atoms with Crippen LogP contribution >= 0.6 is 22.6 Å². The van der Waals surface area contributed by atoms with Crippen molar-refractivity contribution in [3.63, 3.8) is 0 Å². The van der Waals surface area contributed by atoms with Gasteiger partial charge >= 0.3 is 0 Å². The molecule has 0 aliphatic heterocycles. The molecule has 0 aliphatic carbocycles. The Hall–Kier alpha value is -1.07. The number of benzene rings is 2. The Morgan fingerprint density at radius 3 is 2.35 bits per heavy atom. The molecule has 0 fully saturated rings. The third-order valence-electron chi connectivity index (χ3n) is 2.45. The fraction of sp³-hybridized carbons (Fsp3) is 0.143. The van der Waals surface area contributed by atoms with Gasteiger partial charge in [-0.25, -0.2) is 0 Å². The molecule has 0 saturated carbocycles. The Morgan fingerprint density at radius 1 is 1.06 bits per heavy atom. The van der Waals surface area contributed by atoms with Gasteiger partial charge in [0, 0.05) is 15.2 Å². The Kier molecular flexibility index (Phi) is 4.02. The summed E-state index contributed by atoms with van der Waals surface area (Å²) in [6.45, 7) is 1.95. The summed E-state index contributed by atoms with van der Waals surface area (Å²) in [5.74, 6) is 1.65. The number of para-hydroxylation sites is 1. The molecule has 0 heterocycles. The van der Waals surface area contributed by atoms with Gasteiger partial charge in [-0.1, -0.05) is 18.2 Å². The minimum Gasteiger partial charge on any atom is -0.457 e. The summed E-state index contributed by atoms with van der Waals surface area (Å²) in [6, 6.07) is 15.8. The molecule has 88 valence electrons. The second-order valence-electron chi connectivity index (χ2n) is 3.88. The second kappa shape index (κ2) is 5.51. The highest BCUT2D eigenvalue weighted by molar-refractivity contribution is 14.1. The summed E-state index contributed by atoms with van der Waals surface area (Å²) in [5.41, 5.74) is 6.93. The van der Waals surface area contributed by atoms with E-state index >= 15 is 0 Å². The lowest BCUT2D eigenvalue weighted by Crippen LogP contribution is -2.06. The van der Waals surface area contributed by atoms with Crippen molar-refractivity contribution in [2.75, 3.05) is 0 Å². The Bertz CT molecular complexity index is 494. The molecule has 1 unspecified atom stereocenters. The molecule has 1 atom stereocenters. The van der Waals surface area contributed by atoms with Crippen LogP contribution in [0.25, 0.3) is 0 Å². The highest BCUT2D eigenvalue weighted by atomic mass is 127. The van der Waals surface area contributed by atoms with Crippen LogP contribution in [0.15, 0.2) is 48.5 Å². The number of rotatable bonds is 3. The van der Waals surface area contributed by atoms with E-state index in [1.807, 2.05) is 55.5 Å². The molecule has 3 heteroatoms. The first-order valence-corrected chi connectivity index (χ1v) is 6.52. The van der Waals surface area contributed by atoms with Crippen molar-refractivity contribution < 1.29 is 4.74 Å². The van der Waals surface area contributed by atoms with Crippen molar-refractivity contribution in [2.24, 2.45) is 5.73 Å². The number of nitrogens with two attached hydrogens (primary N) is 1. The maximum atomic E-state index is 5.91. The average molecular weight is 339 g/mol. The first kappa shape index (κ1) is 12.4. The number of hydrogen-bond acceptors (Lipinski definition) is 2. The lowest BCUT2D eigenvalue weighted by atomic mass is 10.1. The number of hydrogen-bond donors (Lipinski definition) is 1. The van der Waals surface area contributed by atoms with Gasteiger partial charge in [0.1, 0.15) is 11.5 Å². The molecule has 0 saturated heterocycles. The molecular weight excluding hydrogens is 325 g/mol. The standard InChI is InChI=1S/C14H14INO/c1-10(16)13-4-2-3-5-14(13)17-12-8-6-11(15)7-9-12/h2-10H,16H2,1H3. The smallest absolute Gasteiger partial charge is 0.132 e. The van der Waals surface area contributed by atoms with Crippen molar-refractivity contribution in [2.45, 2.75) is 13.0 Å². The van der Waals surface area contributed by atoms with Crippen molar-refractivity contribution >= 4 is 22.6 Å². The third-order valence-corrected chi connectivity index (χ3v) is 3.17. The zero-order valence-corrected chi connectivity index (χ0v) is 11.7. The molecule has 0 aliphatic rings. The Balaban J connectivity index is 2.26. The highest BCUT2D eigenvalue weighted by Gasteiger charge is 2.07. The van der Waals surface area contributed by atoms with Crippen LogP contribution in [0.4, 0.5) is 0 Å². The van der Waals surface area contributed by atoms with Crippen molar-refractivity contribution in [1.82, 2.24) is 0 Å². The van der Waals surface area contributed by atoms with Gasteiger partial charge in [-0.3, -0.25) is 0 Å². The van der Waals surface area contributed by atoms with E-state index in [4.69, 9.17) is 10.5 Å². The number of ether oxygens (including phenoxy) is 1. The van der Waals surface area contributed by atoms with Crippen molar-refractivity contribution in [1.29, 1.82) is 0 Å². The molecule has 0 bridgehead atoms. The van der Waals surface area contributed by atoms with E-state index in [2.05, 4.69) is 22.6 Å². The Morgan fingerprint density at radius 2 is 1.71 bits per heavy atom. The van der Waals surface area contributed by atoms with Crippen LogP contribution in [0.2, 0.25) is 0 Å². The monoisotopic (exact) mass is 339 g/mol. The van der Waals surface area contributed by atoms with Gasteiger partial charge in [-0.2, -0.15) is 0 Å². The third kappa shape index (κ3) is 3.20. The van der Waals surface area contributed by atoms with Crippen LogP contribution < -0.4 is 10.5 Å². The highest BCUT2D eigenvalue weighted by Crippen LogP contribution is 2.28. The molecule has 2 aromatic rings. The predicted octanol–water partition coefficient (Wildman–Crippen LogP) is 4.10. The first-order valence-electron chi connectivity index (χ1n) is 5.45. The summed E-state index contributed by atoms with van der Waals surface area (Å²) >= 11 is 2.27. The van der Waals surface area contributed by atoms with Crippen LogP contribution in [0, 0.1) is 3.57 Å². The average Bonchev–Trinajstić information content (AvgIpc) is 2.32. The van der Waals surface area contributed by atoms with E-state index in [1.54, 1.807) is 0 Å². The van der Waals surface area contributed by atoms with Gasteiger partial charge in [0.05, 0.1) is 0 Å². The lowest BCUT2D eigenvalue weighted by molar-refractivity contribution is 0.472. The quantitative estimate of drug-likeness (QED) is 0.855. The molecule has 2 nitrogen and oxygen atoms in total. The summed E-state index contributed by atoms with van der Waals surface area (Å²) in [7, 11) is 0. The van der Waals surface area contributed by atoms with E-state index in [-0.39, 0.29) is 6.04 Å². The zero-order valence-electron chi connectivity index (χ0n) is 9.56. The molecular formula is C14H14INO. The second-order valence-corrected chi connectivity index (χ2v) is 5.13. The van der Waals surface area contributed by atoms with Gasteiger partial charge in [0.2, 0.25) is 0 Å². The van der Waals surface area contributed by atoms with Crippen molar-refractivity contribution in [3.05, 3.63) is 57.7 Å². The van der Waals surface area contributed by atoms with E-state index in [1.165, 1.54) is 3.57 Å². The molecule has 0 aromatic heterocycles. The van der Waals surface area contributed by atoms with Gasteiger partial charge < -0.3 is 10.5 Å². The van der Waals surface area contributed by atoms with Gasteiger partial charge in [0.25, 0.3) is 0 Å². The summed E-state index contributed by atoms with van der Waals surface area (Å²) < 4.78 is 7.03. The van der Waals surface area contributed by atoms with Crippen LogP contribution in [0.1, 0.15) is 18.5 Å². The molecule has 0 spiro atoms. The van der Waals surface area contributed by atoms with Crippen LogP contribution in [0.3, 0.4) is 0 Å². The van der Waals surface area contributed by atoms with E-state index < -0.39 is 0 Å².